The number of rotatable bonds is 9. The van der Waals surface area contributed by atoms with Gasteiger partial charge in [-0.1, -0.05) is 19.1 Å². The lowest BCUT2D eigenvalue weighted by molar-refractivity contribution is 0.0975. The van der Waals surface area contributed by atoms with Crippen LogP contribution in [0.15, 0.2) is 67.0 Å². The lowest BCUT2D eigenvalue weighted by Crippen LogP contribution is -2.54. The average Bonchev–Trinajstić information content (AvgIpc) is 2.78. The highest BCUT2D eigenvalue weighted by atomic mass is 16.5. The summed E-state index contributed by atoms with van der Waals surface area (Å²) in [6.45, 7) is 6.44. The second kappa shape index (κ2) is 9.60. The average molecular weight is 418 g/mol. The van der Waals surface area contributed by atoms with E-state index in [9.17, 15) is 4.79 Å². The van der Waals surface area contributed by atoms with Crippen molar-refractivity contribution in [2.45, 2.75) is 32.3 Å². The molecule has 1 aromatic heterocycles. The van der Waals surface area contributed by atoms with Crippen LogP contribution in [0.25, 0.3) is 0 Å². The summed E-state index contributed by atoms with van der Waals surface area (Å²) >= 11 is 0. The van der Waals surface area contributed by atoms with Crippen molar-refractivity contribution >= 4 is 11.5 Å². The van der Waals surface area contributed by atoms with Gasteiger partial charge in [0.2, 0.25) is 0 Å². The van der Waals surface area contributed by atoms with Gasteiger partial charge in [-0.3, -0.25) is 4.79 Å². The molecule has 2 heterocycles. The molecule has 0 radical (unpaired) electrons. The Labute approximate surface area is 182 Å². The molecule has 0 spiro atoms. The summed E-state index contributed by atoms with van der Waals surface area (Å²) in [5.41, 5.74) is 2.90. The Balaban J connectivity index is 1.26. The molecule has 1 saturated heterocycles. The number of anilines is 1. The first-order valence-corrected chi connectivity index (χ1v) is 10.7. The summed E-state index contributed by atoms with van der Waals surface area (Å²) in [6, 6.07) is 17.9. The standard InChI is InChI=1S/C25H27N3O3/c1-3-30-22-10-6-21(7-11-22)28-16-24(17-28)31-23-8-4-19(5-9-23)18(2)14-25(29)20-12-13-26-27-15-20/h4-13,15,18,24H,3,14,16-17H2,1-2H3/t18-/m1/s1. The van der Waals surface area contributed by atoms with Crippen LogP contribution in [0.5, 0.6) is 11.5 Å². The highest BCUT2D eigenvalue weighted by molar-refractivity contribution is 5.96. The van der Waals surface area contributed by atoms with E-state index in [2.05, 4.69) is 34.2 Å². The quantitative estimate of drug-likeness (QED) is 0.477. The number of aromatic nitrogens is 2. The normalized spacial score (nSPS) is 14.6. The molecule has 0 unspecified atom stereocenters. The van der Waals surface area contributed by atoms with Gasteiger partial charge >= 0.3 is 0 Å². The van der Waals surface area contributed by atoms with Gasteiger partial charge in [0.05, 0.1) is 32.1 Å². The second-order valence-electron chi connectivity index (χ2n) is 7.80. The van der Waals surface area contributed by atoms with E-state index < -0.39 is 0 Å². The Bertz CT molecular complexity index is 985. The number of ether oxygens (including phenoxy) is 2. The molecule has 0 saturated carbocycles. The first-order chi connectivity index (χ1) is 15.1. The van der Waals surface area contributed by atoms with Crippen LogP contribution in [-0.2, 0) is 0 Å². The van der Waals surface area contributed by atoms with Gasteiger partial charge in [0.15, 0.2) is 5.78 Å². The highest BCUT2D eigenvalue weighted by Crippen LogP contribution is 2.28. The molecule has 6 heteroatoms. The Kier molecular flexibility index (Phi) is 6.46. The lowest BCUT2D eigenvalue weighted by atomic mass is 9.94. The zero-order valence-electron chi connectivity index (χ0n) is 17.9. The van der Waals surface area contributed by atoms with Gasteiger partial charge < -0.3 is 14.4 Å². The van der Waals surface area contributed by atoms with Gasteiger partial charge in [-0.2, -0.15) is 10.2 Å². The zero-order chi connectivity index (χ0) is 21.6. The summed E-state index contributed by atoms with van der Waals surface area (Å²) in [5, 5.41) is 7.50. The molecule has 0 N–H and O–H groups in total. The Morgan fingerprint density at radius 2 is 1.74 bits per heavy atom. The van der Waals surface area contributed by atoms with Crippen molar-refractivity contribution in [2.75, 3.05) is 24.6 Å². The molecule has 6 nitrogen and oxygen atoms in total. The largest absolute Gasteiger partial charge is 0.494 e. The first kappa shape index (κ1) is 20.8. The van der Waals surface area contributed by atoms with E-state index in [1.807, 2.05) is 43.3 Å². The molecule has 0 aliphatic carbocycles. The predicted molar refractivity (Wildman–Crippen MR) is 120 cm³/mol. The van der Waals surface area contributed by atoms with Crippen LogP contribution in [0, 0.1) is 0 Å². The summed E-state index contributed by atoms with van der Waals surface area (Å²) in [7, 11) is 0. The van der Waals surface area contributed by atoms with Crippen molar-refractivity contribution < 1.29 is 14.3 Å². The fraction of sp³-hybridized carbons (Fsp3) is 0.320. The van der Waals surface area contributed by atoms with Crippen molar-refractivity contribution in [1.82, 2.24) is 10.2 Å². The van der Waals surface area contributed by atoms with Crippen LogP contribution < -0.4 is 14.4 Å². The molecule has 1 atom stereocenters. The summed E-state index contributed by atoms with van der Waals surface area (Å²) in [4.78, 5) is 14.7. The van der Waals surface area contributed by atoms with Crippen LogP contribution in [0.4, 0.5) is 5.69 Å². The third-order valence-electron chi connectivity index (χ3n) is 5.51. The Morgan fingerprint density at radius 3 is 2.39 bits per heavy atom. The van der Waals surface area contributed by atoms with Crippen molar-refractivity contribution in [1.29, 1.82) is 0 Å². The highest BCUT2D eigenvalue weighted by Gasteiger charge is 2.28. The van der Waals surface area contributed by atoms with E-state index in [4.69, 9.17) is 9.47 Å². The monoisotopic (exact) mass is 417 g/mol. The Hall–Kier alpha value is -3.41. The zero-order valence-corrected chi connectivity index (χ0v) is 17.9. The lowest BCUT2D eigenvalue weighted by Gasteiger charge is -2.40. The van der Waals surface area contributed by atoms with Crippen molar-refractivity contribution in [3.63, 3.8) is 0 Å². The minimum atomic E-state index is 0.0755. The summed E-state index contributed by atoms with van der Waals surface area (Å²) in [6.07, 6.45) is 3.67. The number of hydrogen-bond acceptors (Lipinski definition) is 6. The fourth-order valence-corrected chi connectivity index (χ4v) is 3.68. The van der Waals surface area contributed by atoms with Gasteiger partial charge in [-0.25, -0.2) is 0 Å². The molecular weight excluding hydrogens is 390 g/mol. The Morgan fingerprint density at radius 1 is 1.03 bits per heavy atom. The number of carbonyl (C=O) groups excluding carboxylic acids is 1. The van der Waals surface area contributed by atoms with Crippen LogP contribution in [-0.4, -0.2) is 41.8 Å². The number of hydrogen-bond donors (Lipinski definition) is 0. The van der Waals surface area contributed by atoms with Crippen LogP contribution in [0.1, 0.15) is 42.1 Å². The van der Waals surface area contributed by atoms with Crippen molar-refractivity contribution in [3.05, 3.63) is 78.1 Å². The molecule has 31 heavy (non-hydrogen) atoms. The number of nitrogens with zero attached hydrogens (tertiary/aromatic N) is 3. The third kappa shape index (κ3) is 5.20. The smallest absolute Gasteiger partial charge is 0.165 e. The number of benzene rings is 2. The predicted octanol–water partition coefficient (Wildman–Crippen LogP) is 4.52. The molecule has 0 bridgehead atoms. The van der Waals surface area contributed by atoms with E-state index in [1.54, 1.807) is 12.3 Å². The van der Waals surface area contributed by atoms with E-state index in [-0.39, 0.29) is 17.8 Å². The maximum absolute atomic E-state index is 12.4. The van der Waals surface area contributed by atoms with Gasteiger partial charge in [-0.15, -0.1) is 0 Å². The number of carbonyl (C=O) groups is 1. The first-order valence-electron chi connectivity index (χ1n) is 10.7. The van der Waals surface area contributed by atoms with Gasteiger partial charge in [0, 0.05) is 17.7 Å². The number of Topliss-reactive ketones (excluding diaryl/α,β-unsaturated/α-hetero) is 1. The molecule has 160 valence electrons. The summed E-state index contributed by atoms with van der Waals surface area (Å²) < 4.78 is 11.6. The van der Waals surface area contributed by atoms with Gasteiger partial charge in [0.25, 0.3) is 0 Å². The molecule has 4 rings (SSSR count). The molecule has 2 aromatic carbocycles. The van der Waals surface area contributed by atoms with Crippen LogP contribution in [0.2, 0.25) is 0 Å². The van der Waals surface area contributed by atoms with Crippen molar-refractivity contribution in [3.8, 4) is 11.5 Å². The van der Waals surface area contributed by atoms with E-state index in [1.165, 1.54) is 11.9 Å². The van der Waals surface area contributed by atoms with E-state index in [0.29, 0.717) is 18.6 Å². The fourth-order valence-electron chi connectivity index (χ4n) is 3.68. The summed E-state index contributed by atoms with van der Waals surface area (Å²) in [5.74, 6) is 1.95. The van der Waals surface area contributed by atoms with Crippen LogP contribution >= 0.6 is 0 Å². The molecule has 3 aromatic rings. The molecule has 1 fully saturated rings. The van der Waals surface area contributed by atoms with Crippen molar-refractivity contribution in [2.24, 2.45) is 0 Å². The van der Waals surface area contributed by atoms with E-state index in [0.717, 1.165) is 30.2 Å². The molecule has 1 aliphatic rings. The molecule has 1 aliphatic heterocycles. The second-order valence-corrected chi connectivity index (χ2v) is 7.80. The third-order valence-corrected chi connectivity index (χ3v) is 5.51. The molecule has 0 amide bonds. The number of ketones is 1. The maximum Gasteiger partial charge on any atom is 0.165 e. The van der Waals surface area contributed by atoms with Gasteiger partial charge in [-0.05, 0) is 60.9 Å². The topological polar surface area (TPSA) is 64.6 Å². The SMILES string of the molecule is CCOc1ccc(N2CC(Oc3ccc([C@H](C)CC(=O)c4ccnnc4)cc3)C2)cc1. The molecular formula is C25H27N3O3. The minimum Gasteiger partial charge on any atom is -0.494 e. The van der Waals surface area contributed by atoms with E-state index >= 15 is 0 Å². The van der Waals surface area contributed by atoms with Gasteiger partial charge in [0.1, 0.15) is 17.6 Å². The van der Waals surface area contributed by atoms with Crippen LogP contribution in [0.3, 0.4) is 0 Å². The minimum absolute atomic E-state index is 0.0755. The maximum atomic E-state index is 12.4.